The van der Waals surface area contributed by atoms with Crippen LogP contribution in [-0.4, -0.2) is 28.7 Å². The smallest absolute Gasteiger partial charge is 0.239 e. The first kappa shape index (κ1) is 29.6. The van der Waals surface area contributed by atoms with Gasteiger partial charge in [0.15, 0.2) is 11.6 Å². The van der Waals surface area contributed by atoms with Gasteiger partial charge in [0.25, 0.3) is 0 Å². The molecule has 0 N–H and O–H groups in total. The molecule has 0 unspecified atom stereocenters. The van der Waals surface area contributed by atoms with E-state index in [4.69, 9.17) is 15.0 Å². The highest BCUT2D eigenvalue weighted by Gasteiger charge is 2.29. The van der Waals surface area contributed by atoms with E-state index in [-0.39, 0.29) is 0 Å². The number of para-hydroxylation sites is 5. The van der Waals surface area contributed by atoms with Gasteiger partial charge in [0, 0.05) is 53.5 Å². The van der Waals surface area contributed by atoms with Gasteiger partial charge in [-0.2, -0.15) is 9.97 Å². The summed E-state index contributed by atoms with van der Waals surface area (Å²) in [6.45, 7) is 0. The van der Waals surface area contributed by atoms with E-state index in [1.54, 1.807) is 0 Å². The second kappa shape index (κ2) is 11.3. The minimum atomic E-state index is 0.574. The Kier molecular flexibility index (Phi) is 6.18. The molecule has 0 saturated carbocycles. The van der Waals surface area contributed by atoms with Crippen molar-refractivity contribution in [3.05, 3.63) is 170 Å². The summed E-state index contributed by atoms with van der Waals surface area (Å²) in [5, 5.41) is 5.96. The van der Waals surface area contributed by atoms with Crippen molar-refractivity contribution in [1.82, 2.24) is 28.7 Å². The predicted molar refractivity (Wildman–Crippen MR) is 220 cm³/mol. The van der Waals surface area contributed by atoms with Crippen molar-refractivity contribution in [3.8, 4) is 40.1 Å². The molecule has 54 heavy (non-hydrogen) atoms. The fourth-order valence-corrected chi connectivity index (χ4v) is 9.50. The van der Waals surface area contributed by atoms with E-state index in [2.05, 4.69) is 165 Å². The van der Waals surface area contributed by atoms with Crippen LogP contribution in [0, 0.1) is 0 Å². The molecule has 11 aromatic rings. The van der Waals surface area contributed by atoms with Gasteiger partial charge < -0.3 is 4.57 Å². The topological polar surface area (TPSA) is 53.5 Å². The molecule has 252 valence electrons. The lowest BCUT2D eigenvalue weighted by Gasteiger charge is -2.20. The Morgan fingerprint density at radius 3 is 1.87 bits per heavy atom. The first-order valence-electron chi connectivity index (χ1n) is 18.0. The van der Waals surface area contributed by atoms with Gasteiger partial charge in [-0.1, -0.05) is 133 Å². The first-order chi connectivity index (χ1) is 26.8. The van der Waals surface area contributed by atoms with Crippen LogP contribution in [0.25, 0.3) is 94.7 Å². The number of rotatable bonds is 4. The normalized spacial score (nSPS) is 12.4. The average Bonchev–Trinajstić information content (AvgIpc) is 3.88. The Bertz CT molecular complexity index is 3300. The summed E-state index contributed by atoms with van der Waals surface area (Å²) in [7, 11) is 0. The Hall–Kier alpha value is -6.96. The molecule has 7 heteroatoms. The summed E-state index contributed by atoms with van der Waals surface area (Å²) in [5.74, 6) is 1.81. The second-order valence-corrected chi connectivity index (χ2v) is 14.8. The molecule has 12 rings (SSSR count). The largest absolute Gasteiger partial charge is 0.309 e. The van der Waals surface area contributed by atoms with Crippen molar-refractivity contribution < 1.29 is 0 Å². The van der Waals surface area contributed by atoms with Gasteiger partial charge in [-0.3, -0.25) is 9.13 Å². The van der Waals surface area contributed by atoms with Crippen molar-refractivity contribution in [2.45, 2.75) is 9.79 Å². The maximum Gasteiger partial charge on any atom is 0.239 e. The Morgan fingerprint density at radius 1 is 0.407 bits per heavy atom. The van der Waals surface area contributed by atoms with Crippen LogP contribution in [-0.2, 0) is 0 Å². The summed E-state index contributed by atoms with van der Waals surface area (Å²) in [6.07, 6.45) is 0. The van der Waals surface area contributed by atoms with Crippen LogP contribution in [0.5, 0.6) is 0 Å². The molecule has 5 heterocycles. The molecule has 4 aromatic heterocycles. The molecule has 0 atom stereocenters. The summed E-state index contributed by atoms with van der Waals surface area (Å²) in [5.41, 5.74) is 9.67. The molecule has 6 nitrogen and oxygen atoms in total. The number of hydrogen-bond acceptors (Lipinski definition) is 4. The SMILES string of the molecule is c1ccc(-c2nc(-c3ccc4c5ccccc5n(-c5ccccc5)c4c3)nc(-n3c4ccccc4c4c5cccc6c5n(c43)-c3ccccc3S6)n2)cc1. The Balaban J connectivity index is 1.19. The Morgan fingerprint density at radius 2 is 1.04 bits per heavy atom. The zero-order chi connectivity index (χ0) is 35.3. The van der Waals surface area contributed by atoms with Gasteiger partial charge >= 0.3 is 0 Å². The molecule has 0 spiro atoms. The third-order valence-corrected chi connectivity index (χ3v) is 11.8. The number of hydrogen-bond donors (Lipinski definition) is 0. The third-order valence-electron chi connectivity index (χ3n) is 10.7. The molecule has 0 saturated heterocycles. The summed E-state index contributed by atoms with van der Waals surface area (Å²) in [6, 6.07) is 59.9. The van der Waals surface area contributed by atoms with Crippen LogP contribution in [0.15, 0.2) is 180 Å². The van der Waals surface area contributed by atoms with E-state index in [1.807, 2.05) is 30.0 Å². The number of fused-ring (bicyclic) bond motifs is 10. The zero-order valence-electron chi connectivity index (χ0n) is 28.8. The quantitative estimate of drug-likeness (QED) is 0.183. The van der Waals surface area contributed by atoms with Gasteiger partial charge in [-0.15, -0.1) is 0 Å². The zero-order valence-corrected chi connectivity index (χ0v) is 29.6. The van der Waals surface area contributed by atoms with Crippen LogP contribution in [0.1, 0.15) is 0 Å². The van der Waals surface area contributed by atoms with Crippen molar-refractivity contribution in [2.75, 3.05) is 0 Å². The molecule has 1 aliphatic heterocycles. The molecule has 7 aromatic carbocycles. The molecule has 0 bridgehead atoms. The van der Waals surface area contributed by atoms with E-state index in [0.29, 0.717) is 17.6 Å². The van der Waals surface area contributed by atoms with Gasteiger partial charge in [-0.05, 0) is 48.5 Å². The first-order valence-corrected chi connectivity index (χ1v) is 18.9. The number of benzene rings is 7. The van der Waals surface area contributed by atoms with Crippen LogP contribution >= 0.6 is 11.8 Å². The molecule has 0 fully saturated rings. The maximum atomic E-state index is 5.39. The van der Waals surface area contributed by atoms with Crippen LogP contribution in [0.3, 0.4) is 0 Å². The summed E-state index contributed by atoms with van der Waals surface area (Å²) >= 11 is 1.83. The highest BCUT2D eigenvalue weighted by Crippen LogP contribution is 2.49. The van der Waals surface area contributed by atoms with Gasteiger partial charge in [0.1, 0.15) is 5.65 Å². The van der Waals surface area contributed by atoms with Gasteiger partial charge in [0.2, 0.25) is 5.95 Å². The standard InChI is InChI=1S/C47H28N6S/c1-3-14-29(15-4-1)44-48-45(30-26-27-33-32-18-7-9-21-36(32)51(39(33)28-30)31-16-5-2-6-17-31)50-47(49-44)53-37-22-10-8-19-34(37)42-35-20-13-25-41-43(35)52(46(42)53)38-23-11-12-24-40(38)54-41/h1-28H. The molecule has 1 aliphatic rings. The second-order valence-electron chi connectivity index (χ2n) is 13.7. The lowest BCUT2D eigenvalue weighted by Crippen LogP contribution is -2.10. The molecule has 0 radical (unpaired) electrons. The number of nitrogens with zero attached hydrogens (tertiary/aromatic N) is 6. The molecule has 0 amide bonds. The highest BCUT2D eigenvalue weighted by atomic mass is 32.2. The van der Waals surface area contributed by atoms with Crippen molar-refractivity contribution in [3.63, 3.8) is 0 Å². The molecular weight excluding hydrogens is 681 g/mol. The fourth-order valence-electron chi connectivity index (χ4n) is 8.41. The number of aromatic nitrogens is 6. The van der Waals surface area contributed by atoms with Crippen molar-refractivity contribution in [1.29, 1.82) is 0 Å². The lowest BCUT2D eigenvalue weighted by molar-refractivity contribution is 0.927. The van der Waals surface area contributed by atoms with Crippen LogP contribution in [0.4, 0.5) is 0 Å². The van der Waals surface area contributed by atoms with Gasteiger partial charge in [0.05, 0.1) is 27.8 Å². The van der Waals surface area contributed by atoms with Crippen molar-refractivity contribution in [2.24, 2.45) is 0 Å². The van der Waals surface area contributed by atoms with E-state index < -0.39 is 0 Å². The van der Waals surface area contributed by atoms with Crippen LogP contribution in [0.2, 0.25) is 0 Å². The van der Waals surface area contributed by atoms with Gasteiger partial charge in [-0.25, -0.2) is 4.98 Å². The third kappa shape index (κ3) is 4.15. The van der Waals surface area contributed by atoms with E-state index in [1.165, 1.54) is 36.9 Å². The molecular formula is C47H28N6S. The average molecular weight is 709 g/mol. The highest BCUT2D eigenvalue weighted by molar-refractivity contribution is 7.99. The minimum absolute atomic E-state index is 0.574. The fraction of sp³-hybridized carbons (Fsp3) is 0. The van der Waals surface area contributed by atoms with E-state index in [9.17, 15) is 0 Å². The van der Waals surface area contributed by atoms with Crippen LogP contribution < -0.4 is 0 Å². The summed E-state index contributed by atoms with van der Waals surface area (Å²) < 4.78 is 7.00. The monoisotopic (exact) mass is 708 g/mol. The predicted octanol–water partition coefficient (Wildman–Crippen LogP) is 11.8. The van der Waals surface area contributed by atoms with Crippen molar-refractivity contribution >= 4 is 66.4 Å². The minimum Gasteiger partial charge on any atom is -0.309 e. The van der Waals surface area contributed by atoms with E-state index in [0.717, 1.165) is 50.1 Å². The Labute approximate surface area is 313 Å². The maximum absolute atomic E-state index is 5.39. The summed E-state index contributed by atoms with van der Waals surface area (Å²) in [4.78, 5) is 18.3. The molecule has 0 aliphatic carbocycles. The lowest BCUT2D eigenvalue weighted by atomic mass is 10.1. The van der Waals surface area contributed by atoms with E-state index >= 15 is 0 Å².